The van der Waals surface area contributed by atoms with Crippen LogP contribution in [0.2, 0.25) is 0 Å². The number of hydrogen-bond acceptors (Lipinski definition) is 3. The summed E-state index contributed by atoms with van der Waals surface area (Å²) in [6.45, 7) is 6.48. The second-order valence-electron chi connectivity index (χ2n) is 7.26. The van der Waals surface area contributed by atoms with Crippen molar-refractivity contribution in [3.05, 3.63) is 29.8 Å². The average Bonchev–Trinajstić information content (AvgIpc) is 2.94. The number of benzene rings is 1. The Kier molecular flexibility index (Phi) is 9.77. The molecule has 2 aliphatic rings. The van der Waals surface area contributed by atoms with Crippen LogP contribution in [0.4, 0.5) is 5.69 Å². The van der Waals surface area contributed by atoms with Crippen LogP contribution in [0.1, 0.15) is 62.7 Å². The van der Waals surface area contributed by atoms with Crippen LogP contribution in [0.25, 0.3) is 0 Å². The molecule has 0 radical (unpaired) electrons. The Labute approximate surface area is 170 Å². The number of rotatable bonds is 7. The fourth-order valence-corrected chi connectivity index (χ4v) is 4.09. The second-order valence-corrected chi connectivity index (χ2v) is 7.26. The molecule has 3 rings (SSSR count). The first-order chi connectivity index (χ1) is 11.7. The quantitative estimate of drug-likeness (QED) is 0.720. The first-order valence-electron chi connectivity index (χ1n) is 9.61. The molecule has 2 atom stereocenters. The average molecular weight is 402 g/mol. The molecule has 2 unspecified atom stereocenters. The van der Waals surface area contributed by atoms with E-state index < -0.39 is 0 Å². The maximum absolute atomic E-state index is 12.5. The molecule has 2 saturated heterocycles. The van der Waals surface area contributed by atoms with Gasteiger partial charge in [-0.1, -0.05) is 13.3 Å². The summed E-state index contributed by atoms with van der Waals surface area (Å²) in [5.74, 6) is 0.0736. The third-order valence-corrected chi connectivity index (χ3v) is 5.47. The lowest BCUT2D eigenvalue weighted by atomic mass is 9.99. The number of carbonyl (C=O) groups excluding carboxylic acids is 1. The normalized spacial score (nSPS) is 23.5. The Bertz CT molecular complexity index is 540. The summed E-state index contributed by atoms with van der Waals surface area (Å²) in [6.07, 6.45) is 7.07. The molecule has 0 spiro atoms. The molecular formula is C20H33Cl2N3O. The van der Waals surface area contributed by atoms with Gasteiger partial charge in [0.05, 0.1) is 0 Å². The Morgan fingerprint density at radius 3 is 2.27 bits per heavy atom. The molecule has 1 amide bonds. The van der Waals surface area contributed by atoms with E-state index in [1.807, 2.05) is 12.1 Å². The number of nitrogens with one attached hydrogen (secondary N) is 2. The molecule has 4 nitrogen and oxygen atoms in total. The number of piperidine rings is 1. The molecule has 0 saturated carbocycles. The van der Waals surface area contributed by atoms with Crippen molar-refractivity contribution in [2.24, 2.45) is 0 Å². The van der Waals surface area contributed by atoms with Gasteiger partial charge in [-0.25, -0.2) is 0 Å². The minimum absolute atomic E-state index is 0. The van der Waals surface area contributed by atoms with Crippen LogP contribution in [-0.2, 0) is 0 Å². The summed E-state index contributed by atoms with van der Waals surface area (Å²) in [6, 6.07) is 9.64. The molecule has 148 valence electrons. The van der Waals surface area contributed by atoms with Crippen molar-refractivity contribution in [1.29, 1.82) is 0 Å². The fraction of sp³-hybridized carbons (Fsp3) is 0.650. The van der Waals surface area contributed by atoms with Gasteiger partial charge in [-0.15, -0.1) is 24.8 Å². The van der Waals surface area contributed by atoms with Gasteiger partial charge in [-0.05, 0) is 63.3 Å². The van der Waals surface area contributed by atoms with Gasteiger partial charge in [0.15, 0.2) is 0 Å². The molecule has 0 aliphatic carbocycles. The SMILES string of the molecule is CCCCN(CC)c1ccc(C(=O)NC2CC3CCC(C2)N3)cc1.Cl.Cl. The lowest BCUT2D eigenvalue weighted by molar-refractivity contribution is 0.0924. The van der Waals surface area contributed by atoms with Crippen LogP contribution in [0.3, 0.4) is 0 Å². The minimum atomic E-state index is 0. The Morgan fingerprint density at radius 1 is 1.12 bits per heavy atom. The van der Waals surface area contributed by atoms with Crippen LogP contribution in [0.5, 0.6) is 0 Å². The van der Waals surface area contributed by atoms with E-state index in [2.05, 4.69) is 41.5 Å². The number of amides is 1. The van der Waals surface area contributed by atoms with Gasteiger partial charge >= 0.3 is 0 Å². The topological polar surface area (TPSA) is 44.4 Å². The molecule has 2 aliphatic heterocycles. The molecule has 6 heteroatoms. The van der Waals surface area contributed by atoms with E-state index in [-0.39, 0.29) is 30.7 Å². The number of anilines is 1. The Morgan fingerprint density at radius 2 is 1.73 bits per heavy atom. The number of halogens is 2. The van der Waals surface area contributed by atoms with E-state index in [1.54, 1.807) is 0 Å². The largest absolute Gasteiger partial charge is 0.372 e. The molecule has 1 aromatic carbocycles. The van der Waals surface area contributed by atoms with Gasteiger partial charge < -0.3 is 15.5 Å². The molecule has 0 aromatic heterocycles. The van der Waals surface area contributed by atoms with Gasteiger partial charge in [0, 0.05) is 42.5 Å². The van der Waals surface area contributed by atoms with Crippen LogP contribution in [0, 0.1) is 0 Å². The van der Waals surface area contributed by atoms with Gasteiger partial charge in [-0.2, -0.15) is 0 Å². The van der Waals surface area contributed by atoms with Crippen LogP contribution < -0.4 is 15.5 Å². The summed E-state index contributed by atoms with van der Waals surface area (Å²) in [4.78, 5) is 14.9. The van der Waals surface area contributed by atoms with Crippen molar-refractivity contribution in [3.8, 4) is 0 Å². The number of unbranched alkanes of at least 4 members (excludes halogenated alkanes) is 1. The van der Waals surface area contributed by atoms with Crippen LogP contribution >= 0.6 is 24.8 Å². The summed E-state index contributed by atoms with van der Waals surface area (Å²) < 4.78 is 0. The van der Waals surface area contributed by atoms with E-state index in [0.717, 1.165) is 31.5 Å². The van der Waals surface area contributed by atoms with E-state index >= 15 is 0 Å². The molecule has 2 N–H and O–H groups in total. The number of nitrogens with zero attached hydrogens (tertiary/aromatic N) is 1. The van der Waals surface area contributed by atoms with Gasteiger partial charge in [0.1, 0.15) is 0 Å². The van der Waals surface area contributed by atoms with Crippen molar-refractivity contribution < 1.29 is 4.79 Å². The first-order valence-corrected chi connectivity index (χ1v) is 9.61. The third kappa shape index (κ3) is 5.77. The van der Waals surface area contributed by atoms with E-state index in [1.165, 1.54) is 31.4 Å². The minimum Gasteiger partial charge on any atom is -0.372 e. The molecule has 2 heterocycles. The number of carbonyl (C=O) groups is 1. The van der Waals surface area contributed by atoms with E-state index in [9.17, 15) is 4.79 Å². The van der Waals surface area contributed by atoms with E-state index in [4.69, 9.17) is 0 Å². The second kappa shape index (κ2) is 11.0. The highest BCUT2D eigenvalue weighted by Gasteiger charge is 2.34. The van der Waals surface area contributed by atoms with Crippen molar-refractivity contribution >= 4 is 36.4 Å². The predicted octanol–water partition coefficient (Wildman–Crippen LogP) is 4.17. The summed E-state index contributed by atoms with van der Waals surface area (Å²) >= 11 is 0. The van der Waals surface area contributed by atoms with Crippen molar-refractivity contribution in [2.75, 3.05) is 18.0 Å². The zero-order valence-electron chi connectivity index (χ0n) is 15.9. The maximum Gasteiger partial charge on any atom is 0.251 e. The highest BCUT2D eigenvalue weighted by Crippen LogP contribution is 2.27. The predicted molar refractivity (Wildman–Crippen MR) is 114 cm³/mol. The smallest absolute Gasteiger partial charge is 0.251 e. The van der Waals surface area contributed by atoms with Crippen molar-refractivity contribution in [2.45, 2.75) is 70.5 Å². The number of fused-ring (bicyclic) bond motifs is 2. The summed E-state index contributed by atoms with van der Waals surface area (Å²) in [7, 11) is 0. The molecule has 2 fully saturated rings. The highest BCUT2D eigenvalue weighted by molar-refractivity contribution is 5.94. The monoisotopic (exact) mass is 401 g/mol. The van der Waals surface area contributed by atoms with Crippen LogP contribution in [0.15, 0.2) is 24.3 Å². The molecule has 1 aromatic rings. The fourth-order valence-electron chi connectivity index (χ4n) is 4.09. The van der Waals surface area contributed by atoms with Crippen molar-refractivity contribution in [1.82, 2.24) is 10.6 Å². The van der Waals surface area contributed by atoms with Crippen LogP contribution in [-0.4, -0.2) is 37.1 Å². The summed E-state index contributed by atoms with van der Waals surface area (Å²) in [5, 5.41) is 6.86. The Balaban J connectivity index is 0.00000169. The molecule has 2 bridgehead atoms. The van der Waals surface area contributed by atoms with Gasteiger partial charge in [-0.3, -0.25) is 4.79 Å². The maximum atomic E-state index is 12.5. The first kappa shape index (κ1) is 23.1. The molecule has 26 heavy (non-hydrogen) atoms. The zero-order chi connectivity index (χ0) is 16.9. The van der Waals surface area contributed by atoms with Crippen molar-refractivity contribution in [3.63, 3.8) is 0 Å². The zero-order valence-corrected chi connectivity index (χ0v) is 17.5. The Hall–Kier alpha value is -0.970. The van der Waals surface area contributed by atoms with E-state index in [0.29, 0.717) is 18.1 Å². The van der Waals surface area contributed by atoms with Gasteiger partial charge in [0.2, 0.25) is 0 Å². The highest BCUT2D eigenvalue weighted by atomic mass is 35.5. The number of hydrogen-bond donors (Lipinski definition) is 2. The summed E-state index contributed by atoms with van der Waals surface area (Å²) in [5.41, 5.74) is 1.98. The lowest BCUT2D eigenvalue weighted by Gasteiger charge is -2.29. The standard InChI is InChI=1S/C20H31N3O.2ClH/c1-3-5-12-23(4-2)19-10-6-15(7-11-19)20(24)22-18-13-16-8-9-17(14-18)21-16;;/h6-7,10-11,16-18,21H,3-5,8-9,12-14H2,1-2H3,(H,22,24);2*1H. The van der Waals surface area contributed by atoms with Gasteiger partial charge in [0.25, 0.3) is 5.91 Å². The lowest BCUT2D eigenvalue weighted by Crippen LogP contribution is -2.48. The molecular weight excluding hydrogens is 369 g/mol. The third-order valence-electron chi connectivity index (χ3n) is 5.47.